The van der Waals surface area contributed by atoms with Crippen LogP contribution in [-0.4, -0.2) is 16.8 Å². The maximum atomic E-state index is 4.16. The van der Waals surface area contributed by atoms with E-state index < -0.39 is 0 Å². The van der Waals surface area contributed by atoms with Gasteiger partial charge in [0.05, 0.1) is 0 Å². The lowest BCUT2D eigenvalue weighted by molar-refractivity contribution is -0.512. The van der Waals surface area contributed by atoms with Crippen LogP contribution in [0.5, 0.6) is 0 Å². The summed E-state index contributed by atoms with van der Waals surface area (Å²) in [7, 11) is 0. The molecule has 1 rings (SSSR count). The normalized spacial score (nSPS) is 11.6. The Morgan fingerprint density at radius 2 is 1.40 bits per heavy atom. The molecule has 0 N–H and O–H groups in total. The average Bonchev–Trinajstić information content (AvgIpc) is 1.99. The van der Waals surface area contributed by atoms with Crippen molar-refractivity contribution in [1.29, 1.82) is 0 Å². The Morgan fingerprint density at radius 1 is 1.00 bits per heavy atom. The number of benzene rings is 1. The van der Waals surface area contributed by atoms with Crippen LogP contribution in [0.3, 0.4) is 0 Å². The van der Waals surface area contributed by atoms with Crippen LogP contribution in [0, 0.1) is 20.8 Å². The molecule has 0 bridgehead atoms. The van der Waals surface area contributed by atoms with E-state index in [1.807, 2.05) is 0 Å². The van der Waals surface area contributed by atoms with Gasteiger partial charge in [-0.1, -0.05) is 5.56 Å². The first-order valence-electron chi connectivity index (χ1n) is 5.42. The molecular formula is C14H22N+. The van der Waals surface area contributed by atoms with Crippen molar-refractivity contribution in [3.8, 4) is 0 Å². The number of hydrogen-bond donors (Lipinski definition) is 0. The van der Waals surface area contributed by atoms with Gasteiger partial charge in [0, 0.05) is 31.9 Å². The molecule has 0 spiro atoms. The highest BCUT2D eigenvalue weighted by Crippen LogP contribution is 2.28. The minimum Gasteiger partial charge on any atom is -0.201 e. The van der Waals surface area contributed by atoms with Crippen molar-refractivity contribution in [3.63, 3.8) is 0 Å². The van der Waals surface area contributed by atoms with Crippen molar-refractivity contribution in [1.82, 2.24) is 0 Å². The fourth-order valence-electron chi connectivity index (χ4n) is 1.93. The lowest BCUT2D eigenvalue weighted by Gasteiger charge is -2.19. The average molecular weight is 204 g/mol. The third-order valence-electron chi connectivity index (χ3n) is 2.72. The van der Waals surface area contributed by atoms with Crippen LogP contribution >= 0.6 is 0 Å². The number of rotatable bonds is 1. The van der Waals surface area contributed by atoms with Crippen molar-refractivity contribution < 1.29 is 4.58 Å². The van der Waals surface area contributed by atoms with Gasteiger partial charge in [-0.05, 0) is 32.9 Å². The fraction of sp³-hybridized carbons (Fsp3) is 0.500. The van der Waals surface area contributed by atoms with Crippen LogP contribution in [0.4, 0.5) is 5.69 Å². The highest BCUT2D eigenvalue weighted by atomic mass is 15.1. The molecule has 1 aromatic rings. The first kappa shape index (κ1) is 12.0. The zero-order chi connectivity index (χ0) is 11.8. The van der Waals surface area contributed by atoms with Gasteiger partial charge in [0.25, 0.3) is 0 Å². The second kappa shape index (κ2) is 3.80. The molecule has 1 nitrogen and oxygen atoms in total. The van der Waals surface area contributed by atoms with Gasteiger partial charge in [0.15, 0.2) is 5.54 Å². The van der Waals surface area contributed by atoms with Crippen LogP contribution in [-0.2, 0) is 0 Å². The molecule has 15 heavy (non-hydrogen) atoms. The smallest absolute Gasteiger partial charge is 0.201 e. The maximum Gasteiger partial charge on any atom is 0.210 e. The molecule has 0 amide bonds. The summed E-state index contributed by atoms with van der Waals surface area (Å²) >= 11 is 0. The van der Waals surface area contributed by atoms with Gasteiger partial charge in [0.1, 0.15) is 6.72 Å². The molecule has 82 valence electrons. The fourth-order valence-corrected chi connectivity index (χ4v) is 1.93. The molecule has 0 atom stereocenters. The highest BCUT2D eigenvalue weighted by molar-refractivity contribution is 5.50. The van der Waals surface area contributed by atoms with E-state index in [1.165, 1.54) is 22.4 Å². The van der Waals surface area contributed by atoms with E-state index in [-0.39, 0.29) is 5.54 Å². The van der Waals surface area contributed by atoms with Crippen molar-refractivity contribution in [3.05, 3.63) is 28.8 Å². The van der Waals surface area contributed by atoms with Crippen LogP contribution in [0.1, 0.15) is 37.5 Å². The van der Waals surface area contributed by atoms with E-state index in [0.29, 0.717) is 0 Å². The van der Waals surface area contributed by atoms with Gasteiger partial charge in [0.2, 0.25) is 5.69 Å². The topological polar surface area (TPSA) is 3.01 Å². The largest absolute Gasteiger partial charge is 0.210 e. The molecule has 0 aromatic heterocycles. The number of aryl methyl sites for hydroxylation is 3. The number of hydrogen-bond acceptors (Lipinski definition) is 0. The van der Waals surface area contributed by atoms with Gasteiger partial charge in [-0.15, -0.1) is 0 Å². The monoisotopic (exact) mass is 204 g/mol. The Hall–Kier alpha value is -1.11. The number of nitrogens with zero attached hydrogens (tertiary/aromatic N) is 1. The van der Waals surface area contributed by atoms with Gasteiger partial charge in [-0.2, -0.15) is 0 Å². The summed E-state index contributed by atoms with van der Waals surface area (Å²) < 4.78 is 2.11. The third-order valence-corrected chi connectivity index (χ3v) is 2.72. The molecule has 0 saturated carbocycles. The SMILES string of the molecule is C=[N+](c1c(C)cc(C)cc1C)C(C)(C)C. The maximum absolute atomic E-state index is 4.16. The van der Waals surface area contributed by atoms with Gasteiger partial charge in [-0.3, -0.25) is 0 Å². The predicted octanol–water partition coefficient (Wildman–Crippen LogP) is 3.75. The molecule has 0 radical (unpaired) electrons. The molecule has 0 saturated heterocycles. The van der Waals surface area contributed by atoms with E-state index in [0.717, 1.165) is 0 Å². The summed E-state index contributed by atoms with van der Waals surface area (Å²) in [6, 6.07) is 4.43. The first-order chi connectivity index (χ1) is 6.73. The predicted molar refractivity (Wildman–Crippen MR) is 67.4 cm³/mol. The molecule has 0 fully saturated rings. The van der Waals surface area contributed by atoms with Gasteiger partial charge in [-0.25, -0.2) is 4.58 Å². The summed E-state index contributed by atoms with van der Waals surface area (Å²) in [5.41, 5.74) is 5.24. The van der Waals surface area contributed by atoms with E-state index in [9.17, 15) is 0 Å². The molecule has 1 heteroatoms. The van der Waals surface area contributed by atoms with Crippen molar-refractivity contribution >= 4 is 12.4 Å². The summed E-state index contributed by atoms with van der Waals surface area (Å²) in [6.07, 6.45) is 0. The lowest BCUT2D eigenvalue weighted by Crippen LogP contribution is -2.29. The van der Waals surface area contributed by atoms with Crippen LogP contribution < -0.4 is 0 Å². The van der Waals surface area contributed by atoms with E-state index in [1.54, 1.807) is 0 Å². The first-order valence-corrected chi connectivity index (χ1v) is 5.42. The van der Waals surface area contributed by atoms with Crippen LogP contribution in [0.15, 0.2) is 12.1 Å². The molecule has 1 aromatic carbocycles. The van der Waals surface area contributed by atoms with Gasteiger partial charge < -0.3 is 0 Å². The lowest BCUT2D eigenvalue weighted by atomic mass is 10.0. The molecule has 0 aliphatic carbocycles. The summed E-state index contributed by atoms with van der Waals surface area (Å²) in [6.45, 7) is 17.1. The van der Waals surface area contributed by atoms with Crippen molar-refractivity contribution in [2.75, 3.05) is 0 Å². The Bertz CT molecular complexity index is 371. The minimum atomic E-state index is 0.0603. The second-order valence-electron chi connectivity index (χ2n) is 5.35. The highest BCUT2D eigenvalue weighted by Gasteiger charge is 2.27. The Kier molecular flexibility index (Phi) is 3.03. The Labute approximate surface area is 93.5 Å². The molecule has 0 aliphatic heterocycles. The van der Waals surface area contributed by atoms with Crippen LogP contribution in [0.2, 0.25) is 0 Å². The Balaban J connectivity index is 3.33. The van der Waals surface area contributed by atoms with E-state index in [4.69, 9.17) is 0 Å². The van der Waals surface area contributed by atoms with Crippen molar-refractivity contribution in [2.24, 2.45) is 0 Å². The minimum absolute atomic E-state index is 0.0603. The summed E-state index contributed by atoms with van der Waals surface area (Å²) in [5.74, 6) is 0. The summed E-state index contributed by atoms with van der Waals surface area (Å²) in [5, 5.41) is 0. The molecule has 0 heterocycles. The van der Waals surface area contributed by atoms with Gasteiger partial charge >= 0.3 is 0 Å². The van der Waals surface area contributed by atoms with Crippen molar-refractivity contribution in [2.45, 2.75) is 47.1 Å². The Morgan fingerprint density at radius 3 is 1.73 bits per heavy atom. The van der Waals surface area contributed by atoms with Crippen LogP contribution in [0.25, 0.3) is 0 Å². The standard InChI is InChI=1S/C14H22N/c1-10-8-11(2)13(12(3)9-10)15(7)14(4,5)6/h8-9H,7H2,1-6H3/q+1. The summed E-state index contributed by atoms with van der Waals surface area (Å²) in [4.78, 5) is 0. The third kappa shape index (κ3) is 2.47. The van der Waals surface area contributed by atoms with E-state index >= 15 is 0 Å². The zero-order valence-corrected chi connectivity index (χ0v) is 10.8. The second-order valence-corrected chi connectivity index (χ2v) is 5.35. The zero-order valence-electron chi connectivity index (χ0n) is 10.8. The molecular weight excluding hydrogens is 182 g/mol. The molecule has 0 unspecified atom stereocenters. The molecule has 0 aliphatic rings. The quantitative estimate of drug-likeness (QED) is 0.484. The van der Waals surface area contributed by atoms with E-state index in [2.05, 4.69) is 65.0 Å².